The SMILES string of the molecule is C=C(C)[C@H](CC=C(C)C)C[C@]12C[C@H](CC=C(C)C)C(C)(C)[C@](CC=C(C)C)(C(=O)/C(=C(/O)C3=CC(=O)C(=O)C=C3)C1=O)C2=O. The number of hydrogen-bond acceptors (Lipinski definition) is 6. The molecule has 0 aromatic heterocycles. The van der Waals surface area contributed by atoms with E-state index in [1.165, 1.54) is 6.08 Å². The Morgan fingerprint density at radius 1 is 0.886 bits per heavy atom. The molecule has 44 heavy (non-hydrogen) atoms. The van der Waals surface area contributed by atoms with Crippen LogP contribution in [0.1, 0.15) is 94.4 Å². The Bertz CT molecular complexity index is 1490. The summed E-state index contributed by atoms with van der Waals surface area (Å²) in [4.78, 5) is 69.0. The molecule has 4 atom stereocenters. The Hall–Kier alpha value is -3.67. The number of rotatable bonds is 10. The normalized spacial score (nSPS) is 27.8. The molecule has 0 aliphatic heterocycles. The van der Waals surface area contributed by atoms with Crippen LogP contribution in [0, 0.1) is 28.1 Å². The smallest absolute Gasteiger partial charge is 0.226 e. The number of aliphatic hydroxyl groups excluding tert-OH is 1. The van der Waals surface area contributed by atoms with Crippen LogP contribution >= 0.6 is 0 Å². The molecule has 0 aromatic carbocycles. The third kappa shape index (κ3) is 6.00. The molecule has 3 aliphatic carbocycles. The molecular weight excluding hydrogens is 552 g/mol. The fourth-order valence-corrected chi connectivity index (χ4v) is 7.07. The average molecular weight is 601 g/mol. The van der Waals surface area contributed by atoms with Crippen molar-refractivity contribution >= 4 is 28.9 Å². The number of ketones is 5. The first-order valence-electron chi connectivity index (χ1n) is 15.4. The third-order valence-corrected chi connectivity index (χ3v) is 10.00. The van der Waals surface area contributed by atoms with Crippen molar-refractivity contribution in [1.29, 1.82) is 0 Å². The first-order chi connectivity index (χ1) is 20.3. The number of carbonyl (C=O) groups is 5. The zero-order valence-corrected chi connectivity index (χ0v) is 27.8. The highest BCUT2D eigenvalue weighted by Gasteiger charge is 2.74. The molecule has 0 unspecified atom stereocenters. The van der Waals surface area contributed by atoms with Gasteiger partial charge in [-0.15, -0.1) is 0 Å². The number of aliphatic hydroxyl groups is 1. The van der Waals surface area contributed by atoms with Crippen LogP contribution in [-0.2, 0) is 24.0 Å². The van der Waals surface area contributed by atoms with Crippen LogP contribution in [0.2, 0.25) is 0 Å². The molecule has 0 heterocycles. The lowest BCUT2D eigenvalue weighted by molar-refractivity contribution is -0.177. The molecule has 3 aliphatic rings. The molecule has 3 rings (SSSR count). The van der Waals surface area contributed by atoms with Gasteiger partial charge in [-0.05, 0) is 110 Å². The maximum atomic E-state index is 15.2. The molecule has 6 heteroatoms. The fourth-order valence-electron chi connectivity index (χ4n) is 7.07. The van der Waals surface area contributed by atoms with Crippen LogP contribution in [0.25, 0.3) is 0 Å². The van der Waals surface area contributed by atoms with Crippen LogP contribution in [0.3, 0.4) is 0 Å². The zero-order valence-electron chi connectivity index (χ0n) is 27.8. The molecule has 0 spiro atoms. The second kappa shape index (κ2) is 12.7. The molecule has 2 saturated carbocycles. The topological polar surface area (TPSA) is 106 Å². The maximum Gasteiger partial charge on any atom is 0.226 e. The standard InChI is InChI=1S/C38H48O6/c1-22(2)11-13-27(25(7)8)20-37-21-28(15-12-23(3)4)36(9,10)38(35(37)44,18-17-24(5)6)34(43)31(33(37)42)32(41)26-14-16-29(39)30(40)19-26/h11-12,14,16-17,19,27-28,41H,7,13,15,18,20-21H2,1-6,8-10H3/b32-31+/t27-,28+,37+,38-/m1/s1. The lowest BCUT2D eigenvalue weighted by Gasteiger charge is -2.60. The Morgan fingerprint density at radius 2 is 1.48 bits per heavy atom. The van der Waals surface area contributed by atoms with Crippen LogP contribution in [0.4, 0.5) is 0 Å². The number of Topliss-reactive ketones (excluding diaryl/α,β-unsaturated/α-hetero) is 3. The minimum absolute atomic E-state index is 0.0785. The highest BCUT2D eigenvalue weighted by atomic mass is 16.3. The Morgan fingerprint density at radius 3 is 2.00 bits per heavy atom. The van der Waals surface area contributed by atoms with E-state index in [9.17, 15) is 24.3 Å². The van der Waals surface area contributed by atoms with Gasteiger partial charge >= 0.3 is 0 Å². The van der Waals surface area contributed by atoms with Gasteiger partial charge in [-0.2, -0.15) is 0 Å². The van der Waals surface area contributed by atoms with Gasteiger partial charge in [-0.25, -0.2) is 0 Å². The van der Waals surface area contributed by atoms with Gasteiger partial charge in [0, 0.05) is 11.6 Å². The summed E-state index contributed by atoms with van der Waals surface area (Å²) in [6.07, 6.45) is 10.8. The van der Waals surface area contributed by atoms with Crippen molar-refractivity contribution in [3.63, 3.8) is 0 Å². The highest BCUT2D eigenvalue weighted by Crippen LogP contribution is 2.66. The van der Waals surface area contributed by atoms with E-state index < -0.39 is 56.5 Å². The fraction of sp³-hybridized carbons (Fsp3) is 0.500. The molecule has 1 N–H and O–H groups in total. The largest absolute Gasteiger partial charge is 0.506 e. The van der Waals surface area contributed by atoms with Crippen LogP contribution in [-0.4, -0.2) is 34.0 Å². The molecule has 2 fully saturated rings. The van der Waals surface area contributed by atoms with Crippen LogP contribution < -0.4 is 0 Å². The Kier molecular flexibility index (Phi) is 10.1. The third-order valence-electron chi connectivity index (χ3n) is 10.00. The lowest BCUT2D eigenvalue weighted by Crippen LogP contribution is -2.70. The predicted octanol–water partition coefficient (Wildman–Crippen LogP) is 7.82. The quantitative estimate of drug-likeness (QED) is 0.0521. The molecule has 0 aromatic rings. The van der Waals surface area contributed by atoms with E-state index in [1.807, 2.05) is 68.4 Å². The van der Waals surface area contributed by atoms with Gasteiger partial charge in [0.15, 0.2) is 17.3 Å². The van der Waals surface area contributed by atoms with Crippen molar-refractivity contribution in [2.45, 2.75) is 94.4 Å². The maximum absolute atomic E-state index is 15.2. The molecular formula is C38H48O6. The summed E-state index contributed by atoms with van der Waals surface area (Å²) in [5.74, 6) is -4.53. The van der Waals surface area contributed by atoms with Gasteiger partial charge in [0.1, 0.15) is 16.7 Å². The van der Waals surface area contributed by atoms with Crippen LogP contribution in [0.5, 0.6) is 0 Å². The Balaban J connectivity index is 2.45. The molecule has 0 amide bonds. The van der Waals surface area contributed by atoms with Crippen LogP contribution in [0.15, 0.2) is 82.2 Å². The minimum atomic E-state index is -1.64. The molecule has 0 radical (unpaired) electrons. The zero-order chi connectivity index (χ0) is 33.4. The van der Waals surface area contributed by atoms with E-state index in [1.54, 1.807) is 0 Å². The summed E-state index contributed by atoms with van der Waals surface area (Å²) in [5.41, 5.74) is -0.734. The summed E-state index contributed by atoms with van der Waals surface area (Å²) < 4.78 is 0. The lowest BCUT2D eigenvalue weighted by atomic mass is 9.38. The van der Waals surface area contributed by atoms with Crippen molar-refractivity contribution in [2.24, 2.45) is 28.1 Å². The van der Waals surface area contributed by atoms with E-state index in [0.717, 1.165) is 34.4 Å². The number of fused-ring (bicyclic) bond motifs is 2. The van der Waals surface area contributed by atoms with E-state index in [4.69, 9.17) is 0 Å². The molecule has 236 valence electrons. The van der Waals surface area contributed by atoms with E-state index in [2.05, 4.69) is 18.7 Å². The van der Waals surface area contributed by atoms with E-state index in [0.29, 0.717) is 12.8 Å². The van der Waals surface area contributed by atoms with E-state index >= 15 is 4.79 Å². The Labute approximate surface area is 262 Å². The van der Waals surface area contributed by atoms with Gasteiger partial charge in [0.2, 0.25) is 11.6 Å². The minimum Gasteiger partial charge on any atom is -0.506 e. The van der Waals surface area contributed by atoms with Crippen molar-refractivity contribution < 1.29 is 29.1 Å². The first kappa shape index (κ1) is 34.8. The van der Waals surface area contributed by atoms with E-state index in [-0.39, 0.29) is 36.7 Å². The summed E-state index contributed by atoms with van der Waals surface area (Å²) in [7, 11) is 0. The van der Waals surface area contributed by atoms with Crippen molar-refractivity contribution in [3.05, 3.63) is 82.2 Å². The van der Waals surface area contributed by atoms with Gasteiger partial charge in [0.05, 0.1) is 5.41 Å². The molecule has 6 nitrogen and oxygen atoms in total. The summed E-state index contributed by atoms with van der Waals surface area (Å²) in [6.45, 7) is 21.7. The predicted molar refractivity (Wildman–Crippen MR) is 174 cm³/mol. The van der Waals surface area contributed by atoms with Crippen molar-refractivity contribution in [2.75, 3.05) is 0 Å². The number of carbonyl (C=O) groups excluding carboxylic acids is 5. The van der Waals surface area contributed by atoms with Gasteiger partial charge in [-0.1, -0.05) is 60.9 Å². The van der Waals surface area contributed by atoms with Gasteiger partial charge in [0.25, 0.3) is 0 Å². The summed E-state index contributed by atoms with van der Waals surface area (Å²) >= 11 is 0. The monoisotopic (exact) mass is 600 g/mol. The van der Waals surface area contributed by atoms with Gasteiger partial charge in [-0.3, -0.25) is 24.0 Å². The average Bonchev–Trinajstić information content (AvgIpc) is 2.91. The van der Waals surface area contributed by atoms with Crippen molar-refractivity contribution in [1.82, 2.24) is 0 Å². The molecule has 0 saturated heterocycles. The summed E-state index contributed by atoms with van der Waals surface area (Å²) in [6, 6.07) is 0. The summed E-state index contributed by atoms with van der Waals surface area (Å²) in [5, 5.41) is 11.6. The number of allylic oxidation sites excluding steroid dienone is 11. The first-order valence-corrected chi connectivity index (χ1v) is 15.4. The second-order valence-corrected chi connectivity index (χ2v) is 14.3. The highest BCUT2D eigenvalue weighted by molar-refractivity contribution is 6.47. The number of hydrogen-bond donors (Lipinski definition) is 1. The molecule has 2 bridgehead atoms. The second-order valence-electron chi connectivity index (χ2n) is 14.3. The van der Waals surface area contributed by atoms with Gasteiger partial charge < -0.3 is 5.11 Å². The van der Waals surface area contributed by atoms with Crippen molar-refractivity contribution in [3.8, 4) is 0 Å².